The van der Waals surface area contributed by atoms with E-state index in [1.54, 1.807) is 6.07 Å². The smallest absolute Gasteiger partial charge is 0.268 e. The number of halogens is 3. The van der Waals surface area contributed by atoms with Crippen LogP contribution < -0.4 is 5.32 Å². The first-order valence-electron chi connectivity index (χ1n) is 17.7. The molecule has 3 atom stereocenters. The molecule has 3 saturated heterocycles. The molecule has 4 aliphatic heterocycles. The van der Waals surface area contributed by atoms with Crippen molar-refractivity contribution in [1.82, 2.24) is 29.7 Å². The predicted molar refractivity (Wildman–Crippen MR) is 200 cm³/mol. The summed E-state index contributed by atoms with van der Waals surface area (Å²) in [7, 11) is 0. The number of carbonyl (C=O) groups excluding carboxylic acids is 2. The zero-order valence-electron chi connectivity index (χ0n) is 27.9. The molecule has 51 heavy (non-hydrogen) atoms. The molecule has 262 valence electrons. The summed E-state index contributed by atoms with van der Waals surface area (Å²) in [6.07, 6.45) is 6.43. The second-order valence-corrected chi connectivity index (χ2v) is 15.4. The second kappa shape index (κ2) is 13.3. The van der Waals surface area contributed by atoms with E-state index in [0.717, 1.165) is 89.9 Å². The lowest BCUT2D eigenvalue weighted by molar-refractivity contribution is -0.137. The Bertz CT molecular complexity index is 2160. The standard InChI is InChI=1S/C39H37Cl3N6O3/c40-23-9-10-26(28(42)17-23)37-27-16-24(41)18-29-33(27)34(38-35(43-21-48(37)38)22-6-2-1-3-7-22)36(44-29)39(50)45-30-19-51-20-31(30)46-14-11-25(12-15-46)47-13-5-4-8-32(47)49/h1-3,6-7,9-10,16-18,21,25,30-31,37,44H,4-5,8,11-15,19-20H2,(H,45,50). The molecule has 9 nitrogen and oxygen atoms in total. The summed E-state index contributed by atoms with van der Waals surface area (Å²) in [5.41, 5.74) is 6.25. The topological polar surface area (TPSA) is 95.5 Å². The minimum absolute atomic E-state index is 0.0412. The van der Waals surface area contributed by atoms with Crippen LogP contribution in [0.2, 0.25) is 15.1 Å². The highest BCUT2D eigenvalue weighted by Crippen LogP contribution is 2.50. The lowest BCUT2D eigenvalue weighted by atomic mass is 9.87. The minimum atomic E-state index is -0.370. The van der Waals surface area contributed by atoms with Gasteiger partial charge in [0, 0.05) is 69.2 Å². The third kappa shape index (κ3) is 5.74. The van der Waals surface area contributed by atoms with Gasteiger partial charge in [-0.05, 0) is 61.1 Å². The van der Waals surface area contributed by atoms with Crippen molar-refractivity contribution in [3.05, 3.63) is 98.9 Å². The third-order valence-electron chi connectivity index (χ3n) is 11.2. The van der Waals surface area contributed by atoms with Crippen LogP contribution in [0.3, 0.4) is 0 Å². The predicted octanol–water partition coefficient (Wildman–Crippen LogP) is 7.58. The Morgan fingerprint density at radius 1 is 0.922 bits per heavy atom. The summed E-state index contributed by atoms with van der Waals surface area (Å²) >= 11 is 20.0. The van der Waals surface area contributed by atoms with Crippen LogP contribution in [0.15, 0.2) is 67.0 Å². The van der Waals surface area contributed by atoms with Gasteiger partial charge < -0.3 is 24.5 Å². The number of nitrogens with zero attached hydrogens (tertiary/aromatic N) is 4. The Balaban J connectivity index is 1.08. The average molecular weight is 744 g/mol. The normalized spacial score (nSPS) is 22.5. The number of hydrogen-bond acceptors (Lipinski definition) is 5. The van der Waals surface area contributed by atoms with E-state index < -0.39 is 0 Å². The van der Waals surface area contributed by atoms with Crippen LogP contribution in [0.1, 0.15) is 59.8 Å². The molecule has 0 aliphatic carbocycles. The number of H-pyrrole nitrogens is 1. The molecule has 5 aromatic rings. The number of carbonyl (C=O) groups is 2. The first kappa shape index (κ1) is 33.0. The molecule has 9 rings (SSSR count). The summed E-state index contributed by atoms with van der Waals surface area (Å²) < 4.78 is 8.09. The van der Waals surface area contributed by atoms with E-state index >= 15 is 0 Å². The lowest BCUT2D eigenvalue weighted by Gasteiger charge is -2.42. The van der Waals surface area contributed by atoms with Crippen molar-refractivity contribution in [2.75, 3.05) is 32.8 Å². The van der Waals surface area contributed by atoms with Gasteiger partial charge in [0.15, 0.2) is 0 Å². The van der Waals surface area contributed by atoms with Gasteiger partial charge in [0.2, 0.25) is 5.91 Å². The number of fused-ring (bicyclic) bond motifs is 2. The summed E-state index contributed by atoms with van der Waals surface area (Å²) in [6, 6.07) is 19.1. The van der Waals surface area contributed by atoms with Gasteiger partial charge in [0.05, 0.1) is 49.1 Å². The van der Waals surface area contributed by atoms with Gasteiger partial charge in [-0.3, -0.25) is 14.5 Å². The summed E-state index contributed by atoms with van der Waals surface area (Å²) in [4.78, 5) is 40.1. The maximum Gasteiger partial charge on any atom is 0.268 e. The van der Waals surface area contributed by atoms with Gasteiger partial charge in [-0.25, -0.2) is 4.98 Å². The highest BCUT2D eigenvalue weighted by atomic mass is 35.5. The maximum atomic E-state index is 14.6. The molecule has 0 bridgehead atoms. The Morgan fingerprint density at radius 3 is 2.53 bits per heavy atom. The van der Waals surface area contributed by atoms with E-state index in [4.69, 9.17) is 44.5 Å². The van der Waals surface area contributed by atoms with Crippen LogP contribution >= 0.6 is 34.8 Å². The Labute approximate surface area is 310 Å². The molecule has 0 radical (unpaired) electrons. The number of aromatic nitrogens is 3. The summed E-state index contributed by atoms with van der Waals surface area (Å²) in [5, 5.41) is 5.87. The molecule has 3 aromatic carbocycles. The first-order valence-corrected chi connectivity index (χ1v) is 18.8. The van der Waals surface area contributed by atoms with Crippen molar-refractivity contribution < 1.29 is 14.3 Å². The number of likely N-dealkylation sites (tertiary alicyclic amines) is 2. The monoisotopic (exact) mass is 742 g/mol. The molecular formula is C39H37Cl3N6O3. The van der Waals surface area contributed by atoms with Crippen LogP contribution in [0.4, 0.5) is 0 Å². The first-order chi connectivity index (χ1) is 24.9. The van der Waals surface area contributed by atoms with Crippen molar-refractivity contribution in [2.24, 2.45) is 0 Å². The third-order valence-corrected chi connectivity index (χ3v) is 11.9. The maximum absolute atomic E-state index is 14.6. The molecule has 0 saturated carbocycles. The molecule has 4 aliphatic rings. The Hall–Kier alpha value is -3.86. The number of benzene rings is 3. The van der Waals surface area contributed by atoms with Crippen LogP contribution in [0, 0.1) is 0 Å². The fourth-order valence-electron chi connectivity index (χ4n) is 8.78. The molecule has 2 amide bonds. The van der Waals surface area contributed by atoms with E-state index in [-0.39, 0.29) is 24.0 Å². The SMILES string of the molecule is O=C(NC1COCC1N1CCC(N2CCCCC2=O)CC1)c1[nH]c2cc(Cl)cc3c2c1-c1c(-c2ccccc2)ncn1C3c1ccc(Cl)cc1Cl. The molecule has 3 unspecified atom stereocenters. The van der Waals surface area contributed by atoms with E-state index in [2.05, 4.69) is 24.7 Å². The summed E-state index contributed by atoms with van der Waals surface area (Å²) in [6.45, 7) is 3.57. The van der Waals surface area contributed by atoms with E-state index in [0.29, 0.717) is 52.3 Å². The van der Waals surface area contributed by atoms with Crippen LogP contribution in [0.25, 0.3) is 33.4 Å². The second-order valence-electron chi connectivity index (χ2n) is 14.1. The van der Waals surface area contributed by atoms with Gasteiger partial charge in [0.25, 0.3) is 5.91 Å². The minimum Gasteiger partial charge on any atom is -0.378 e. The van der Waals surface area contributed by atoms with E-state index in [1.807, 2.05) is 60.9 Å². The quantitative estimate of drug-likeness (QED) is 0.184. The number of aromatic amines is 1. The van der Waals surface area contributed by atoms with Crippen LogP contribution in [-0.2, 0) is 9.53 Å². The van der Waals surface area contributed by atoms with Gasteiger partial charge in [-0.15, -0.1) is 0 Å². The highest BCUT2D eigenvalue weighted by molar-refractivity contribution is 6.35. The molecule has 3 fully saturated rings. The zero-order chi connectivity index (χ0) is 34.8. The average Bonchev–Trinajstić information content (AvgIpc) is 3.87. The number of piperidine rings is 2. The number of imidazole rings is 1. The molecule has 2 N–H and O–H groups in total. The van der Waals surface area contributed by atoms with Crippen molar-refractivity contribution in [1.29, 1.82) is 0 Å². The number of rotatable bonds is 6. The van der Waals surface area contributed by atoms with Crippen molar-refractivity contribution in [2.45, 2.75) is 56.3 Å². The van der Waals surface area contributed by atoms with Gasteiger partial charge in [-0.1, -0.05) is 71.2 Å². The highest BCUT2D eigenvalue weighted by Gasteiger charge is 2.40. The summed E-state index contributed by atoms with van der Waals surface area (Å²) in [5.74, 6) is 0.0763. The fraction of sp³-hybridized carbons (Fsp3) is 0.359. The van der Waals surface area contributed by atoms with Gasteiger partial charge in [0.1, 0.15) is 5.69 Å². The molecular weight excluding hydrogens is 707 g/mol. The molecule has 2 aromatic heterocycles. The van der Waals surface area contributed by atoms with Crippen LogP contribution in [0.5, 0.6) is 0 Å². The van der Waals surface area contributed by atoms with Crippen molar-refractivity contribution in [3.63, 3.8) is 0 Å². The largest absolute Gasteiger partial charge is 0.378 e. The number of amides is 2. The van der Waals surface area contributed by atoms with E-state index in [9.17, 15) is 9.59 Å². The Kier molecular flexibility index (Phi) is 8.59. The van der Waals surface area contributed by atoms with Crippen molar-refractivity contribution in [3.8, 4) is 22.5 Å². The number of ether oxygens (including phenoxy) is 1. The zero-order valence-corrected chi connectivity index (χ0v) is 30.1. The lowest BCUT2D eigenvalue weighted by Crippen LogP contribution is -2.56. The molecule has 12 heteroatoms. The van der Waals surface area contributed by atoms with Gasteiger partial charge >= 0.3 is 0 Å². The van der Waals surface area contributed by atoms with Crippen LogP contribution in [-0.4, -0.2) is 87.1 Å². The molecule has 0 spiro atoms. The van der Waals surface area contributed by atoms with E-state index in [1.165, 1.54) is 0 Å². The molecule has 6 heterocycles. The Morgan fingerprint density at radius 2 is 1.75 bits per heavy atom. The number of nitrogens with one attached hydrogen (secondary N) is 2. The fourth-order valence-corrected chi connectivity index (χ4v) is 9.51. The number of hydrogen-bond donors (Lipinski definition) is 2. The van der Waals surface area contributed by atoms with Crippen molar-refractivity contribution >= 4 is 57.5 Å². The van der Waals surface area contributed by atoms with Gasteiger partial charge in [-0.2, -0.15) is 0 Å².